The molecule has 0 unspecified atom stereocenters. The summed E-state index contributed by atoms with van der Waals surface area (Å²) in [7, 11) is 0. The lowest BCUT2D eigenvalue weighted by Crippen LogP contribution is -1.97. The van der Waals surface area contributed by atoms with Gasteiger partial charge in [0.1, 0.15) is 0 Å². The molecule has 0 amide bonds. The fraction of sp³-hybridized carbons (Fsp3) is 0. The van der Waals surface area contributed by atoms with Crippen molar-refractivity contribution < 1.29 is 0 Å². The van der Waals surface area contributed by atoms with E-state index in [2.05, 4.69) is 25.3 Å². The molecule has 0 saturated heterocycles. The molecule has 0 fully saturated rings. The van der Waals surface area contributed by atoms with Crippen LogP contribution in [0, 0.1) is 0 Å². The molecule has 0 spiro atoms. The summed E-state index contributed by atoms with van der Waals surface area (Å²) in [5, 5.41) is 5.22. The van der Waals surface area contributed by atoms with E-state index in [1.807, 2.05) is 24.5 Å². The van der Waals surface area contributed by atoms with E-state index in [4.69, 9.17) is 23.2 Å². The Morgan fingerprint density at radius 1 is 1.00 bits per heavy atom. The van der Waals surface area contributed by atoms with Gasteiger partial charge in [0.15, 0.2) is 0 Å². The van der Waals surface area contributed by atoms with Crippen LogP contribution < -0.4 is 5.32 Å². The monoisotopic (exact) mass is 355 g/mol. The van der Waals surface area contributed by atoms with E-state index < -0.39 is 0 Å². The molecule has 0 aliphatic carbocycles. The van der Waals surface area contributed by atoms with Gasteiger partial charge in [0, 0.05) is 57.0 Å². The molecule has 24 heavy (non-hydrogen) atoms. The SMILES string of the molecule is Clc1cc(Cl)cc(Nc2nccc(-c3c[nH]c4ccncc34)n2)c1. The first-order valence-electron chi connectivity index (χ1n) is 7.17. The predicted molar refractivity (Wildman–Crippen MR) is 96.9 cm³/mol. The number of benzene rings is 1. The Morgan fingerprint density at radius 2 is 1.83 bits per heavy atom. The second kappa shape index (κ2) is 6.11. The molecule has 3 aromatic heterocycles. The van der Waals surface area contributed by atoms with Gasteiger partial charge in [-0.2, -0.15) is 0 Å². The van der Waals surface area contributed by atoms with Crippen molar-refractivity contribution in [2.75, 3.05) is 5.32 Å². The maximum absolute atomic E-state index is 6.02. The Bertz CT molecular complexity index is 1010. The summed E-state index contributed by atoms with van der Waals surface area (Å²) in [5.74, 6) is 0.462. The standard InChI is InChI=1S/C17H11Cl2N5/c18-10-5-11(19)7-12(6-10)23-17-21-4-2-16(24-17)14-9-22-15-1-3-20-8-13(14)15/h1-9,22H,(H,21,23,24). The largest absolute Gasteiger partial charge is 0.360 e. The molecule has 0 aliphatic rings. The summed E-state index contributed by atoms with van der Waals surface area (Å²) in [4.78, 5) is 16.2. The van der Waals surface area contributed by atoms with E-state index in [1.54, 1.807) is 30.6 Å². The van der Waals surface area contributed by atoms with Gasteiger partial charge in [-0.1, -0.05) is 23.2 Å². The fourth-order valence-electron chi connectivity index (χ4n) is 2.50. The fourth-order valence-corrected chi connectivity index (χ4v) is 3.02. The van der Waals surface area contributed by atoms with Crippen LogP contribution in [0.3, 0.4) is 0 Å². The molecule has 1 aromatic carbocycles. The average Bonchev–Trinajstić information content (AvgIpc) is 2.98. The van der Waals surface area contributed by atoms with Gasteiger partial charge >= 0.3 is 0 Å². The lowest BCUT2D eigenvalue weighted by Gasteiger charge is -2.07. The molecule has 0 saturated carbocycles. The Morgan fingerprint density at radius 3 is 2.67 bits per heavy atom. The van der Waals surface area contributed by atoms with E-state index in [0.717, 1.165) is 27.8 Å². The van der Waals surface area contributed by atoms with Crippen molar-refractivity contribution in [3.8, 4) is 11.3 Å². The highest BCUT2D eigenvalue weighted by molar-refractivity contribution is 6.35. The minimum atomic E-state index is 0.462. The van der Waals surface area contributed by atoms with Gasteiger partial charge in [-0.25, -0.2) is 9.97 Å². The Kier molecular flexibility index (Phi) is 3.80. The highest BCUT2D eigenvalue weighted by Gasteiger charge is 2.09. The first-order chi connectivity index (χ1) is 11.7. The lowest BCUT2D eigenvalue weighted by molar-refractivity contribution is 1.17. The van der Waals surface area contributed by atoms with Crippen LogP contribution in [0.15, 0.2) is 55.1 Å². The van der Waals surface area contributed by atoms with Crippen molar-refractivity contribution in [3.05, 3.63) is 65.2 Å². The molecule has 0 atom stereocenters. The van der Waals surface area contributed by atoms with E-state index in [9.17, 15) is 0 Å². The number of hydrogen-bond acceptors (Lipinski definition) is 4. The van der Waals surface area contributed by atoms with Gasteiger partial charge in [0.05, 0.1) is 5.69 Å². The molecule has 7 heteroatoms. The molecule has 3 heterocycles. The van der Waals surface area contributed by atoms with Gasteiger partial charge in [-0.05, 0) is 30.3 Å². The van der Waals surface area contributed by atoms with Crippen molar-refractivity contribution >= 4 is 45.7 Å². The van der Waals surface area contributed by atoms with Crippen molar-refractivity contribution in [1.82, 2.24) is 19.9 Å². The van der Waals surface area contributed by atoms with E-state index in [1.165, 1.54) is 0 Å². The first-order valence-corrected chi connectivity index (χ1v) is 7.92. The number of aromatic nitrogens is 4. The molecular formula is C17H11Cl2N5. The number of hydrogen-bond donors (Lipinski definition) is 2. The number of aromatic amines is 1. The van der Waals surface area contributed by atoms with Crippen LogP contribution in [0.5, 0.6) is 0 Å². The van der Waals surface area contributed by atoms with E-state index >= 15 is 0 Å². The summed E-state index contributed by atoms with van der Waals surface area (Å²) in [6.07, 6.45) is 7.17. The second-order valence-corrected chi connectivity index (χ2v) is 6.05. The number of nitrogens with one attached hydrogen (secondary N) is 2. The molecule has 4 rings (SSSR count). The molecular weight excluding hydrogens is 345 g/mol. The molecule has 0 radical (unpaired) electrons. The maximum Gasteiger partial charge on any atom is 0.227 e. The minimum absolute atomic E-state index is 0.462. The summed E-state index contributed by atoms with van der Waals surface area (Å²) in [6, 6.07) is 8.97. The molecule has 0 aliphatic heterocycles. The Labute approximate surface area is 147 Å². The highest BCUT2D eigenvalue weighted by atomic mass is 35.5. The lowest BCUT2D eigenvalue weighted by atomic mass is 10.1. The van der Waals surface area contributed by atoms with Crippen molar-refractivity contribution in [3.63, 3.8) is 0 Å². The second-order valence-electron chi connectivity index (χ2n) is 5.17. The summed E-state index contributed by atoms with van der Waals surface area (Å²) >= 11 is 12.0. The number of halogens is 2. The topological polar surface area (TPSA) is 66.5 Å². The van der Waals surface area contributed by atoms with Gasteiger partial charge in [-0.3, -0.25) is 4.98 Å². The van der Waals surface area contributed by atoms with Crippen LogP contribution in [0.25, 0.3) is 22.2 Å². The van der Waals surface area contributed by atoms with Gasteiger partial charge in [0.2, 0.25) is 5.95 Å². The van der Waals surface area contributed by atoms with Crippen LogP contribution in [-0.4, -0.2) is 19.9 Å². The number of rotatable bonds is 3. The zero-order valence-electron chi connectivity index (χ0n) is 12.3. The number of fused-ring (bicyclic) bond motifs is 1. The van der Waals surface area contributed by atoms with Crippen LogP contribution in [0.1, 0.15) is 0 Å². The third-order valence-electron chi connectivity index (χ3n) is 3.53. The average molecular weight is 356 g/mol. The zero-order chi connectivity index (χ0) is 16.5. The quantitative estimate of drug-likeness (QED) is 0.538. The van der Waals surface area contributed by atoms with Gasteiger partial charge < -0.3 is 10.3 Å². The van der Waals surface area contributed by atoms with Crippen molar-refractivity contribution in [1.29, 1.82) is 0 Å². The Balaban J connectivity index is 1.71. The first kappa shape index (κ1) is 14.9. The summed E-state index contributed by atoms with van der Waals surface area (Å²) in [5.41, 5.74) is 3.49. The van der Waals surface area contributed by atoms with Crippen LogP contribution in [0.2, 0.25) is 10.0 Å². The van der Waals surface area contributed by atoms with E-state index in [-0.39, 0.29) is 0 Å². The zero-order valence-corrected chi connectivity index (χ0v) is 13.8. The molecule has 118 valence electrons. The predicted octanol–water partition coefficient (Wildman–Crippen LogP) is 5.07. The minimum Gasteiger partial charge on any atom is -0.360 e. The molecule has 4 aromatic rings. The van der Waals surface area contributed by atoms with Gasteiger partial charge in [0.25, 0.3) is 0 Å². The van der Waals surface area contributed by atoms with Crippen LogP contribution >= 0.6 is 23.2 Å². The van der Waals surface area contributed by atoms with Crippen LogP contribution in [-0.2, 0) is 0 Å². The molecule has 2 N–H and O–H groups in total. The van der Waals surface area contributed by atoms with Crippen molar-refractivity contribution in [2.24, 2.45) is 0 Å². The third-order valence-corrected chi connectivity index (χ3v) is 3.97. The van der Waals surface area contributed by atoms with Crippen molar-refractivity contribution in [2.45, 2.75) is 0 Å². The van der Waals surface area contributed by atoms with E-state index in [0.29, 0.717) is 16.0 Å². The number of pyridine rings is 1. The third kappa shape index (κ3) is 2.91. The normalized spacial score (nSPS) is 10.9. The van der Waals surface area contributed by atoms with Gasteiger partial charge in [-0.15, -0.1) is 0 Å². The molecule has 0 bridgehead atoms. The highest BCUT2D eigenvalue weighted by Crippen LogP contribution is 2.28. The smallest absolute Gasteiger partial charge is 0.227 e. The number of H-pyrrole nitrogens is 1. The number of nitrogens with zero attached hydrogens (tertiary/aromatic N) is 3. The number of anilines is 2. The maximum atomic E-state index is 6.02. The van der Waals surface area contributed by atoms with Crippen LogP contribution in [0.4, 0.5) is 11.6 Å². The Hall–Kier alpha value is -2.63. The summed E-state index contributed by atoms with van der Waals surface area (Å²) < 4.78 is 0. The molecule has 5 nitrogen and oxygen atoms in total. The summed E-state index contributed by atoms with van der Waals surface area (Å²) in [6.45, 7) is 0.